The lowest BCUT2D eigenvalue weighted by atomic mass is 10.1. The van der Waals surface area contributed by atoms with Gasteiger partial charge in [0.2, 0.25) is 0 Å². The van der Waals surface area contributed by atoms with E-state index in [0.29, 0.717) is 0 Å². The van der Waals surface area contributed by atoms with E-state index < -0.39 is 0 Å². The molecule has 0 amide bonds. The van der Waals surface area contributed by atoms with Crippen LogP contribution in [0.1, 0.15) is 11.3 Å². The topological polar surface area (TPSA) is 37.0 Å². The largest absolute Gasteiger partial charge is 0.496 e. The van der Waals surface area contributed by atoms with Crippen molar-refractivity contribution in [2.24, 2.45) is 0 Å². The molecule has 84 valence electrons. The van der Waals surface area contributed by atoms with Crippen LogP contribution in [0.3, 0.4) is 0 Å². The maximum atomic E-state index is 5.33. The third-order valence-corrected chi connectivity index (χ3v) is 3.92. The molecule has 2 N–H and O–H groups in total. The Morgan fingerprint density at radius 1 is 1.38 bits per heavy atom. The zero-order valence-electron chi connectivity index (χ0n) is 9.06. The van der Waals surface area contributed by atoms with E-state index in [9.17, 15) is 0 Å². The van der Waals surface area contributed by atoms with Crippen molar-refractivity contribution in [1.29, 1.82) is 0 Å². The number of benzene rings is 1. The van der Waals surface area contributed by atoms with Gasteiger partial charge < -0.3 is 15.0 Å². The van der Waals surface area contributed by atoms with Gasteiger partial charge >= 0.3 is 0 Å². The number of rotatable bonds is 1. The summed E-state index contributed by atoms with van der Waals surface area (Å²) in [6.07, 6.45) is 1.07. The summed E-state index contributed by atoms with van der Waals surface area (Å²) in [5, 5.41) is 4.65. The molecule has 1 aromatic heterocycles. The zero-order chi connectivity index (χ0) is 11.1. The molecule has 3 nitrogen and oxygen atoms in total. The van der Waals surface area contributed by atoms with Gasteiger partial charge in [0.1, 0.15) is 5.75 Å². The van der Waals surface area contributed by atoms with Crippen LogP contribution in [-0.2, 0) is 13.0 Å². The van der Waals surface area contributed by atoms with Crippen molar-refractivity contribution in [3.05, 3.63) is 27.9 Å². The normalized spacial score (nSPS) is 15.1. The molecule has 0 unspecified atom stereocenters. The van der Waals surface area contributed by atoms with Gasteiger partial charge in [0.25, 0.3) is 0 Å². The summed E-state index contributed by atoms with van der Waals surface area (Å²) in [6, 6.07) is 4.07. The molecule has 3 rings (SSSR count). The second-order valence-electron chi connectivity index (χ2n) is 4.01. The number of nitrogens with one attached hydrogen (secondary N) is 2. The molecular formula is C12H13BrN2O. The lowest BCUT2D eigenvalue weighted by Crippen LogP contribution is -2.22. The summed E-state index contributed by atoms with van der Waals surface area (Å²) in [4.78, 5) is 3.48. The van der Waals surface area contributed by atoms with E-state index in [-0.39, 0.29) is 0 Å². The molecule has 0 saturated carbocycles. The highest BCUT2D eigenvalue weighted by molar-refractivity contribution is 9.10. The molecule has 1 aromatic carbocycles. The fraction of sp³-hybridized carbons (Fsp3) is 0.333. The Kier molecular flexibility index (Phi) is 2.41. The number of aromatic amines is 1. The van der Waals surface area contributed by atoms with Crippen molar-refractivity contribution in [3.8, 4) is 5.75 Å². The second-order valence-corrected chi connectivity index (χ2v) is 4.81. The van der Waals surface area contributed by atoms with Gasteiger partial charge in [-0.3, -0.25) is 0 Å². The molecule has 2 aromatic rings. The van der Waals surface area contributed by atoms with E-state index in [2.05, 4.69) is 32.3 Å². The van der Waals surface area contributed by atoms with Gasteiger partial charge in [-0.1, -0.05) is 0 Å². The predicted octanol–water partition coefficient (Wildman–Crippen LogP) is 2.58. The van der Waals surface area contributed by atoms with Crippen molar-refractivity contribution < 1.29 is 4.74 Å². The van der Waals surface area contributed by atoms with Crippen LogP contribution in [0, 0.1) is 0 Å². The number of aromatic nitrogens is 1. The molecular weight excluding hydrogens is 268 g/mol. The van der Waals surface area contributed by atoms with E-state index in [4.69, 9.17) is 4.74 Å². The van der Waals surface area contributed by atoms with Gasteiger partial charge in [-0.25, -0.2) is 0 Å². The molecule has 1 aliphatic rings. The molecule has 2 heterocycles. The van der Waals surface area contributed by atoms with Crippen LogP contribution >= 0.6 is 15.9 Å². The molecule has 0 radical (unpaired) electrons. The second kappa shape index (κ2) is 3.79. The summed E-state index contributed by atoms with van der Waals surface area (Å²) in [5.41, 5.74) is 3.90. The minimum atomic E-state index is 0.889. The Labute approximate surface area is 102 Å². The minimum absolute atomic E-state index is 0.889. The number of hydrogen-bond donors (Lipinski definition) is 2. The lowest BCUT2D eigenvalue weighted by molar-refractivity contribution is 0.413. The van der Waals surface area contributed by atoms with Crippen molar-refractivity contribution in [2.75, 3.05) is 13.7 Å². The lowest BCUT2D eigenvalue weighted by Gasteiger charge is -2.13. The molecule has 0 spiro atoms. The fourth-order valence-electron chi connectivity index (χ4n) is 2.34. The Morgan fingerprint density at radius 3 is 3.06 bits per heavy atom. The third kappa shape index (κ3) is 1.37. The third-order valence-electron chi connectivity index (χ3n) is 3.13. The summed E-state index contributed by atoms with van der Waals surface area (Å²) < 4.78 is 6.38. The van der Waals surface area contributed by atoms with Gasteiger partial charge in [-0.15, -0.1) is 0 Å². The Morgan fingerprint density at radius 2 is 2.25 bits per heavy atom. The molecule has 16 heavy (non-hydrogen) atoms. The number of methoxy groups -OCH3 is 1. The highest BCUT2D eigenvalue weighted by Crippen LogP contribution is 2.37. The first kappa shape index (κ1) is 10.2. The van der Waals surface area contributed by atoms with Crippen LogP contribution in [0.25, 0.3) is 10.9 Å². The molecule has 0 fully saturated rings. The summed E-state index contributed by atoms with van der Waals surface area (Å²) in [5.74, 6) is 0.889. The average molecular weight is 281 g/mol. The molecule has 0 aliphatic carbocycles. The number of ether oxygens (including phenoxy) is 1. The van der Waals surface area contributed by atoms with E-state index >= 15 is 0 Å². The SMILES string of the molecule is COc1ccc2[nH]c3c(c2c1Br)CNCC3. The molecule has 4 heteroatoms. The number of H-pyrrole nitrogens is 1. The first-order chi connectivity index (χ1) is 7.81. The van der Waals surface area contributed by atoms with Crippen LogP contribution in [0.2, 0.25) is 0 Å². The molecule has 1 aliphatic heterocycles. The van der Waals surface area contributed by atoms with Crippen LogP contribution in [0.5, 0.6) is 5.75 Å². The van der Waals surface area contributed by atoms with E-state index in [1.54, 1.807) is 7.11 Å². The first-order valence-corrected chi connectivity index (χ1v) is 6.17. The first-order valence-electron chi connectivity index (χ1n) is 5.38. The van der Waals surface area contributed by atoms with Crippen molar-refractivity contribution >= 4 is 26.8 Å². The van der Waals surface area contributed by atoms with Crippen LogP contribution in [-0.4, -0.2) is 18.6 Å². The summed E-state index contributed by atoms with van der Waals surface area (Å²) in [6.45, 7) is 1.98. The van der Waals surface area contributed by atoms with Crippen LogP contribution in [0.4, 0.5) is 0 Å². The van der Waals surface area contributed by atoms with Gasteiger partial charge in [0.05, 0.1) is 11.6 Å². The Hall–Kier alpha value is -1.00. The zero-order valence-corrected chi connectivity index (χ0v) is 10.6. The van der Waals surface area contributed by atoms with Gasteiger partial charge in [0.15, 0.2) is 0 Å². The van der Waals surface area contributed by atoms with E-state index in [0.717, 1.165) is 29.7 Å². The van der Waals surface area contributed by atoms with E-state index in [1.807, 2.05) is 6.07 Å². The molecule has 0 bridgehead atoms. The Balaban J connectivity index is 2.32. The summed E-state index contributed by atoms with van der Waals surface area (Å²) >= 11 is 3.63. The maximum absolute atomic E-state index is 5.33. The van der Waals surface area contributed by atoms with Gasteiger partial charge in [-0.05, 0) is 33.6 Å². The van der Waals surface area contributed by atoms with Crippen molar-refractivity contribution in [2.45, 2.75) is 13.0 Å². The smallest absolute Gasteiger partial charge is 0.133 e. The minimum Gasteiger partial charge on any atom is -0.496 e. The van der Waals surface area contributed by atoms with Crippen LogP contribution in [0.15, 0.2) is 16.6 Å². The quantitative estimate of drug-likeness (QED) is 0.843. The maximum Gasteiger partial charge on any atom is 0.133 e. The monoisotopic (exact) mass is 280 g/mol. The molecule has 0 atom stereocenters. The van der Waals surface area contributed by atoms with Crippen molar-refractivity contribution in [1.82, 2.24) is 10.3 Å². The van der Waals surface area contributed by atoms with Gasteiger partial charge in [0, 0.05) is 36.1 Å². The fourth-order valence-corrected chi connectivity index (χ4v) is 3.08. The van der Waals surface area contributed by atoms with Crippen LogP contribution < -0.4 is 10.1 Å². The number of halogens is 1. The highest BCUT2D eigenvalue weighted by Gasteiger charge is 2.18. The number of fused-ring (bicyclic) bond motifs is 3. The van der Waals surface area contributed by atoms with E-state index in [1.165, 1.54) is 22.2 Å². The van der Waals surface area contributed by atoms with Gasteiger partial charge in [-0.2, -0.15) is 0 Å². The summed E-state index contributed by atoms with van der Waals surface area (Å²) in [7, 11) is 1.70. The molecule has 0 saturated heterocycles. The highest BCUT2D eigenvalue weighted by atomic mass is 79.9. The standard InChI is InChI=1S/C12H13BrN2O/c1-16-10-3-2-9-11(12(10)13)7-6-14-5-4-8(7)15-9/h2-3,14-15H,4-6H2,1H3. The average Bonchev–Trinajstić information content (AvgIpc) is 2.68. The number of hydrogen-bond acceptors (Lipinski definition) is 2. The van der Waals surface area contributed by atoms with Crippen molar-refractivity contribution in [3.63, 3.8) is 0 Å². The Bertz CT molecular complexity index is 547. The predicted molar refractivity (Wildman–Crippen MR) is 68.0 cm³/mol.